The Morgan fingerprint density at radius 2 is 0.655 bits per heavy atom. The van der Waals surface area contributed by atoms with Crippen LogP contribution in [0.1, 0.15) is 285 Å². The van der Waals surface area contributed by atoms with Gasteiger partial charge in [0, 0.05) is 19.3 Å². The van der Waals surface area contributed by atoms with Gasteiger partial charge in [0.25, 0.3) is 0 Å². The number of hydrogen-bond acceptors (Lipinski definition) is 6. The van der Waals surface area contributed by atoms with Crippen LogP contribution in [-0.2, 0) is 28.6 Å². The van der Waals surface area contributed by atoms with Crippen molar-refractivity contribution in [1.82, 2.24) is 0 Å². The lowest BCUT2D eigenvalue weighted by Gasteiger charge is -2.18. The molecule has 0 fully saturated rings. The van der Waals surface area contributed by atoms with Crippen molar-refractivity contribution in [1.29, 1.82) is 0 Å². The molecule has 0 rings (SSSR count). The maximum absolute atomic E-state index is 12.8. The molecule has 1 unspecified atom stereocenters. The molecule has 2 atom stereocenters. The van der Waals surface area contributed by atoms with E-state index in [2.05, 4.69) is 34.6 Å². The summed E-state index contributed by atoms with van der Waals surface area (Å²) in [7, 11) is 0. The molecule has 0 radical (unpaired) electrons. The molecular weight excluding hydrogens is 721 g/mol. The summed E-state index contributed by atoms with van der Waals surface area (Å²) in [5.41, 5.74) is 0. The summed E-state index contributed by atoms with van der Waals surface area (Å²) in [6.45, 7) is 11.4. The molecule has 0 aromatic carbocycles. The van der Waals surface area contributed by atoms with Crippen LogP contribution in [0.15, 0.2) is 0 Å². The van der Waals surface area contributed by atoms with Gasteiger partial charge in [-0.1, -0.05) is 247 Å². The third kappa shape index (κ3) is 44.0. The Labute approximate surface area is 361 Å². The molecule has 0 saturated heterocycles. The van der Waals surface area contributed by atoms with E-state index < -0.39 is 6.10 Å². The van der Waals surface area contributed by atoms with Gasteiger partial charge in [-0.15, -0.1) is 0 Å². The van der Waals surface area contributed by atoms with E-state index in [1.54, 1.807) is 0 Å². The Morgan fingerprint density at radius 3 is 0.983 bits per heavy atom. The number of esters is 3. The molecule has 0 aromatic rings. The van der Waals surface area contributed by atoms with Crippen LogP contribution < -0.4 is 0 Å². The van der Waals surface area contributed by atoms with Crippen molar-refractivity contribution in [2.24, 2.45) is 11.8 Å². The van der Waals surface area contributed by atoms with Gasteiger partial charge in [0.15, 0.2) is 6.10 Å². The van der Waals surface area contributed by atoms with Gasteiger partial charge in [0.05, 0.1) is 0 Å². The average Bonchev–Trinajstić information content (AvgIpc) is 3.21. The first-order valence-electron chi connectivity index (χ1n) is 25.8. The van der Waals surface area contributed by atoms with E-state index in [1.807, 2.05) is 0 Å². The normalized spacial score (nSPS) is 12.5. The summed E-state index contributed by atoms with van der Waals surface area (Å²) in [6, 6.07) is 0. The summed E-state index contributed by atoms with van der Waals surface area (Å²) < 4.78 is 16.8. The summed E-state index contributed by atoms with van der Waals surface area (Å²) in [6.07, 6.45) is 45.2. The molecule has 0 aliphatic rings. The Kier molecular flexibility index (Phi) is 43.7. The number of rotatable bonds is 46. The first kappa shape index (κ1) is 56.4. The van der Waals surface area contributed by atoms with E-state index in [0.29, 0.717) is 19.3 Å². The average molecular weight is 821 g/mol. The van der Waals surface area contributed by atoms with Gasteiger partial charge in [-0.25, -0.2) is 0 Å². The van der Waals surface area contributed by atoms with Gasteiger partial charge in [0.1, 0.15) is 13.2 Å². The van der Waals surface area contributed by atoms with Gasteiger partial charge in [-0.2, -0.15) is 0 Å². The fourth-order valence-electron chi connectivity index (χ4n) is 7.78. The third-order valence-electron chi connectivity index (χ3n) is 12.1. The van der Waals surface area contributed by atoms with E-state index in [9.17, 15) is 14.4 Å². The minimum atomic E-state index is -0.762. The Balaban J connectivity index is 4.29. The molecule has 6 nitrogen and oxygen atoms in total. The molecule has 6 heteroatoms. The van der Waals surface area contributed by atoms with E-state index in [-0.39, 0.29) is 31.1 Å². The van der Waals surface area contributed by atoms with Crippen molar-refractivity contribution in [3.05, 3.63) is 0 Å². The molecule has 0 aliphatic heterocycles. The minimum Gasteiger partial charge on any atom is -0.462 e. The van der Waals surface area contributed by atoms with Crippen LogP contribution in [0.2, 0.25) is 0 Å². The maximum Gasteiger partial charge on any atom is 0.306 e. The van der Waals surface area contributed by atoms with Gasteiger partial charge >= 0.3 is 17.9 Å². The second-order valence-electron chi connectivity index (χ2n) is 18.5. The largest absolute Gasteiger partial charge is 0.462 e. The molecule has 0 aromatic heterocycles. The predicted octanol–water partition coefficient (Wildman–Crippen LogP) is 16.5. The van der Waals surface area contributed by atoms with Crippen LogP contribution in [-0.4, -0.2) is 37.2 Å². The topological polar surface area (TPSA) is 78.9 Å². The number of unbranched alkanes of at least 4 members (excludes halogenated alkanes) is 30. The fraction of sp³-hybridized carbons (Fsp3) is 0.942. The van der Waals surface area contributed by atoms with Crippen LogP contribution in [0, 0.1) is 11.8 Å². The lowest BCUT2D eigenvalue weighted by molar-refractivity contribution is -0.167. The number of hydrogen-bond donors (Lipinski definition) is 0. The SMILES string of the molecule is CCCCCCCCCCCCCCCCC(=O)O[C@@H](COC(=O)CCCCCCCCCCCCCCCC(C)C)COC(=O)CCCCCCCCC(C)CC. The minimum absolute atomic E-state index is 0.0643. The van der Waals surface area contributed by atoms with Crippen LogP contribution in [0.3, 0.4) is 0 Å². The van der Waals surface area contributed by atoms with Gasteiger partial charge < -0.3 is 14.2 Å². The standard InChI is InChI=1S/C52H100O6/c1-6-8-9-10-11-12-13-14-17-21-24-27-34-39-44-52(55)58-49(46-57-51(54)43-38-33-29-28-31-36-41-48(5)7-2)45-56-50(53)42-37-32-26-23-20-18-15-16-19-22-25-30-35-40-47(3)4/h47-49H,6-46H2,1-5H3/t48?,49-/m0/s1. The zero-order chi connectivity index (χ0) is 42.6. The summed E-state index contributed by atoms with van der Waals surface area (Å²) in [4.78, 5) is 37.9. The molecule has 0 N–H and O–H groups in total. The van der Waals surface area contributed by atoms with Gasteiger partial charge in [-0.3, -0.25) is 14.4 Å². The second kappa shape index (κ2) is 44.9. The highest BCUT2D eigenvalue weighted by molar-refractivity contribution is 5.71. The van der Waals surface area contributed by atoms with E-state index in [4.69, 9.17) is 14.2 Å². The highest BCUT2D eigenvalue weighted by atomic mass is 16.6. The predicted molar refractivity (Wildman–Crippen MR) is 247 cm³/mol. The third-order valence-corrected chi connectivity index (χ3v) is 12.1. The van der Waals surface area contributed by atoms with E-state index >= 15 is 0 Å². The molecule has 0 aliphatic carbocycles. The lowest BCUT2D eigenvalue weighted by Crippen LogP contribution is -2.30. The highest BCUT2D eigenvalue weighted by Gasteiger charge is 2.19. The zero-order valence-corrected chi connectivity index (χ0v) is 39.7. The van der Waals surface area contributed by atoms with Crippen molar-refractivity contribution in [2.75, 3.05) is 13.2 Å². The fourth-order valence-corrected chi connectivity index (χ4v) is 7.78. The van der Waals surface area contributed by atoms with Crippen molar-refractivity contribution in [2.45, 2.75) is 291 Å². The zero-order valence-electron chi connectivity index (χ0n) is 39.7. The highest BCUT2D eigenvalue weighted by Crippen LogP contribution is 2.18. The van der Waals surface area contributed by atoms with Crippen LogP contribution in [0.4, 0.5) is 0 Å². The summed E-state index contributed by atoms with van der Waals surface area (Å²) >= 11 is 0. The first-order chi connectivity index (χ1) is 28.3. The van der Waals surface area contributed by atoms with Gasteiger partial charge in [0.2, 0.25) is 0 Å². The molecule has 0 saturated carbocycles. The van der Waals surface area contributed by atoms with Crippen LogP contribution >= 0.6 is 0 Å². The molecule has 0 spiro atoms. The van der Waals surface area contributed by atoms with Crippen molar-refractivity contribution in [3.63, 3.8) is 0 Å². The second-order valence-corrected chi connectivity index (χ2v) is 18.5. The monoisotopic (exact) mass is 821 g/mol. The number of ether oxygens (including phenoxy) is 3. The summed E-state index contributed by atoms with van der Waals surface area (Å²) in [5.74, 6) is 0.803. The Bertz CT molecular complexity index is 887. The van der Waals surface area contributed by atoms with Crippen LogP contribution in [0.5, 0.6) is 0 Å². The molecular formula is C52H100O6. The molecule has 0 heterocycles. The molecule has 0 bridgehead atoms. The summed E-state index contributed by atoms with van der Waals surface area (Å²) in [5, 5.41) is 0. The van der Waals surface area contributed by atoms with E-state index in [0.717, 1.165) is 69.6 Å². The Hall–Kier alpha value is -1.59. The quantitative estimate of drug-likeness (QED) is 0.0346. The first-order valence-corrected chi connectivity index (χ1v) is 25.8. The molecule has 0 amide bonds. The smallest absolute Gasteiger partial charge is 0.306 e. The molecule has 58 heavy (non-hydrogen) atoms. The maximum atomic E-state index is 12.8. The van der Waals surface area contributed by atoms with Gasteiger partial charge in [-0.05, 0) is 31.1 Å². The van der Waals surface area contributed by atoms with E-state index in [1.165, 1.54) is 173 Å². The number of carbonyl (C=O) groups excluding carboxylic acids is 3. The molecule has 344 valence electrons. The van der Waals surface area contributed by atoms with Crippen molar-refractivity contribution >= 4 is 17.9 Å². The lowest BCUT2D eigenvalue weighted by atomic mass is 10.00. The van der Waals surface area contributed by atoms with Crippen molar-refractivity contribution in [3.8, 4) is 0 Å². The van der Waals surface area contributed by atoms with Crippen molar-refractivity contribution < 1.29 is 28.6 Å². The number of carbonyl (C=O) groups is 3. The Morgan fingerprint density at radius 1 is 0.362 bits per heavy atom. The van der Waals surface area contributed by atoms with Crippen LogP contribution in [0.25, 0.3) is 0 Å².